The predicted octanol–water partition coefficient (Wildman–Crippen LogP) is 4.89. The Morgan fingerprint density at radius 3 is 1.45 bits per heavy atom. The number of rotatable bonds is 8. The van der Waals surface area contributed by atoms with E-state index in [1.54, 1.807) is 12.4 Å². The third-order valence-corrected chi connectivity index (χ3v) is 5.47. The van der Waals surface area contributed by atoms with Gasteiger partial charge in [-0.15, -0.1) is 0 Å². The van der Waals surface area contributed by atoms with E-state index in [0.29, 0.717) is 23.3 Å². The van der Waals surface area contributed by atoms with E-state index in [-0.39, 0.29) is 12.2 Å². The highest BCUT2D eigenvalue weighted by atomic mass is 16.6. The highest BCUT2D eigenvalue weighted by molar-refractivity contribution is 6.20. The summed E-state index contributed by atoms with van der Waals surface area (Å²) in [6.45, 7) is 0. The van der Waals surface area contributed by atoms with Gasteiger partial charge in [0.05, 0.1) is 12.4 Å². The maximum atomic E-state index is 5.92. The number of hydrogen-bond acceptors (Lipinski definition) is 6. The summed E-state index contributed by atoms with van der Waals surface area (Å²) in [6, 6.07) is 7.31. The first-order valence-corrected chi connectivity index (χ1v) is 10.8. The number of pyridine rings is 2. The SMILES string of the molecule is [B](Oc1ccc(OC2CCCCC2)nc1)Oc1ccc(OC2CCCCC2)nc1. The topological polar surface area (TPSA) is 62.7 Å². The van der Waals surface area contributed by atoms with E-state index in [4.69, 9.17) is 18.8 Å². The monoisotopic (exact) mass is 395 g/mol. The summed E-state index contributed by atoms with van der Waals surface area (Å²) in [5.41, 5.74) is 0. The van der Waals surface area contributed by atoms with Crippen molar-refractivity contribution in [1.82, 2.24) is 9.97 Å². The van der Waals surface area contributed by atoms with Gasteiger partial charge in [-0.2, -0.15) is 0 Å². The normalized spacial score (nSPS) is 18.1. The van der Waals surface area contributed by atoms with E-state index >= 15 is 0 Å². The van der Waals surface area contributed by atoms with Crippen molar-refractivity contribution in [2.75, 3.05) is 0 Å². The van der Waals surface area contributed by atoms with Crippen molar-refractivity contribution in [2.24, 2.45) is 0 Å². The van der Waals surface area contributed by atoms with Crippen molar-refractivity contribution in [3.63, 3.8) is 0 Å². The summed E-state index contributed by atoms with van der Waals surface area (Å²) in [7, 11) is 1.28. The maximum Gasteiger partial charge on any atom is 0.658 e. The molecule has 2 heterocycles. The molecule has 2 aliphatic rings. The minimum Gasteiger partial charge on any atom is -0.525 e. The number of aromatic nitrogens is 2. The van der Waals surface area contributed by atoms with Crippen LogP contribution in [-0.4, -0.2) is 29.9 Å². The van der Waals surface area contributed by atoms with Crippen LogP contribution in [0.2, 0.25) is 0 Å². The van der Waals surface area contributed by atoms with Gasteiger partial charge in [-0.05, 0) is 63.5 Å². The molecule has 0 spiro atoms. The van der Waals surface area contributed by atoms with E-state index in [1.807, 2.05) is 24.3 Å². The summed E-state index contributed by atoms with van der Waals surface area (Å²) >= 11 is 0. The molecule has 2 saturated carbocycles. The van der Waals surface area contributed by atoms with E-state index in [1.165, 1.54) is 46.2 Å². The molecule has 0 aliphatic heterocycles. The van der Waals surface area contributed by atoms with Gasteiger partial charge in [0.1, 0.15) is 23.7 Å². The molecule has 0 amide bonds. The van der Waals surface area contributed by atoms with Crippen molar-refractivity contribution in [1.29, 1.82) is 0 Å². The second-order valence-electron chi connectivity index (χ2n) is 7.75. The number of ether oxygens (including phenoxy) is 2. The Labute approximate surface area is 173 Å². The van der Waals surface area contributed by atoms with Gasteiger partial charge in [-0.3, -0.25) is 0 Å². The molecule has 4 rings (SSSR count). The minimum atomic E-state index is 0.287. The molecule has 7 heteroatoms. The van der Waals surface area contributed by atoms with Crippen LogP contribution in [0.3, 0.4) is 0 Å². The molecule has 2 aromatic rings. The van der Waals surface area contributed by atoms with Crippen LogP contribution < -0.4 is 18.8 Å². The van der Waals surface area contributed by atoms with Crippen LogP contribution in [0.4, 0.5) is 0 Å². The van der Waals surface area contributed by atoms with Crippen molar-refractivity contribution >= 4 is 7.69 Å². The number of nitrogens with zero attached hydrogens (tertiary/aromatic N) is 2. The number of hydrogen-bond donors (Lipinski definition) is 0. The molecule has 0 atom stereocenters. The van der Waals surface area contributed by atoms with Gasteiger partial charge in [0.15, 0.2) is 0 Å². The lowest BCUT2D eigenvalue weighted by atomic mass is 9.98. The second kappa shape index (κ2) is 10.4. The summed E-state index contributed by atoms with van der Waals surface area (Å²) in [4.78, 5) is 8.63. The molecule has 0 bridgehead atoms. The lowest BCUT2D eigenvalue weighted by Crippen LogP contribution is -2.20. The Kier molecular flexibility index (Phi) is 7.10. The summed E-state index contributed by atoms with van der Waals surface area (Å²) in [5.74, 6) is 2.46. The van der Waals surface area contributed by atoms with Crippen LogP contribution >= 0.6 is 0 Å². The van der Waals surface area contributed by atoms with E-state index in [9.17, 15) is 0 Å². The third kappa shape index (κ3) is 6.27. The molecule has 0 unspecified atom stereocenters. The molecule has 2 fully saturated rings. The lowest BCUT2D eigenvalue weighted by Gasteiger charge is -2.22. The van der Waals surface area contributed by atoms with Crippen LogP contribution in [0.1, 0.15) is 64.2 Å². The average Bonchev–Trinajstić information content (AvgIpc) is 2.78. The molecule has 2 aliphatic carbocycles. The molecular formula is C22H28BN2O4. The largest absolute Gasteiger partial charge is 0.658 e. The van der Waals surface area contributed by atoms with Gasteiger partial charge < -0.3 is 18.8 Å². The zero-order valence-corrected chi connectivity index (χ0v) is 16.8. The first-order valence-electron chi connectivity index (χ1n) is 10.8. The molecule has 0 N–H and O–H groups in total. The fourth-order valence-electron chi connectivity index (χ4n) is 3.85. The molecule has 0 aromatic carbocycles. The third-order valence-electron chi connectivity index (χ3n) is 5.47. The van der Waals surface area contributed by atoms with Gasteiger partial charge in [0, 0.05) is 12.1 Å². The Morgan fingerprint density at radius 1 is 0.621 bits per heavy atom. The highest BCUT2D eigenvalue weighted by Crippen LogP contribution is 2.24. The molecule has 2 aromatic heterocycles. The van der Waals surface area contributed by atoms with Crippen molar-refractivity contribution in [3.8, 4) is 23.3 Å². The Bertz CT molecular complexity index is 666. The Balaban J connectivity index is 1.18. The van der Waals surface area contributed by atoms with Crippen molar-refractivity contribution in [3.05, 3.63) is 36.7 Å². The molecule has 29 heavy (non-hydrogen) atoms. The first-order chi connectivity index (χ1) is 14.3. The Hall–Kier alpha value is -2.44. The van der Waals surface area contributed by atoms with Crippen molar-refractivity contribution in [2.45, 2.75) is 76.4 Å². The van der Waals surface area contributed by atoms with Crippen LogP contribution in [0, 0.1) is 0 Å². The van der Waals surface area contributed by atoms with Gasteiger partial charge in [0.25, 0.3) is 0 Å². The van der Waals surface area contributed by atoms with Crippen LogP contribution in [-0.2, 0) is 0 Å². The summed E-state index contributed by atoms with van der Waals surface area (Å²) in [6.07, 6.45) is 15.9. The molecular weight excluding hydrogens is 367 g/mol. The molecule has 0 saturated heterocycles. The van der Waals surface area contributed by atoms with E-state index in [2.05, 4.69) is 9.97 Å². The quantitative estimate of drug-likeness (QED) is 0.593. The lowest BCUT2D eigenvalue weighted by molar-refractivity contribution is 0.148. The minimum absolute atomic E-state index is 0.287. The molecule has 6 nitrogen and oxygen atoms in total. The summed E-state index contributed by atoms with van der Waals surface area (Å²) < 4.78 is 22.8. The second-order valence-corrected chi connectivity index (χ2v) is 7.75. The van der Waals surface area contributed by atoms with E-state index in [0.717, 1.165) is 25.7 Å². The smallest absolute Gasteiger partial charge is 0.525 e. The summed E-state index contributed by atoms with van der Waals surface area (Å²) in [5, 5.41) is 0. The highest BCUT2D eigenvalue weighted by Gasteiger charge is 2.16. The van der Waals surface area contributed by atoms with Crippen LogP contribution in [0.25, 0.3) is 0 Å². The first kappa shape index (κ1) is 19.9. The fraction of sp³-hybridized carbons (Fsp3) is 0.545. The average molecular weight is 395 g/mol. The predicted molar refractivity (Wildman–Crippen MR) is 110 cm³/mol. The maximum absolute atomic E-state index is 5.92. The molecule has 153 valence electrons. The van der Waals surface area contributed by atoms with Crippen molar-refractivity contribution < 1.29 is 18.8 Å². The van der Waals surface area contributed by atoms with E-state index < -0.39 is 0 Å². The van der Waals surface area contributed by atoms with Crippen LogP contribution in [0.5, 0.6) is 23.3 Å². The van der Waals surface area contributed by atoms with Gasteiger partial charge in [-0.25, -0.2) is 9.97 Å². The molecule has 1 radical (unpaired) electrons. The Morgan fingerprint density at radius 2 is 1.07 bits per heavy atom. The zero-order chi connectivity index (χ0) is 19.7. The van der Waals surface area contributed by atoms with Gasteiger partial charge in [-0.1, -0.05) is 12.8 Å². The standard InChI is InChI=1S/C22H28BN2O4/c1-3-7-17(8-4-1)26-21-13-11-19(15-24-21)28-23-29-20-12-14-22(25-16-20)27-18-9-5-2-6-10-18/h11-18H,1-10H2. The van der Waals surface area contributed by atoms with Crippen LogP contribution in [0.15, 0.2) is 36.7 Å². The van der Waals surface area contributed by atoms with Gasteiger partial charge in [0.2, 0.25) is 11.8 Å². The van der Waals surface area contributed by atoms with Gasteiger partial charge >= 0.3 is 7.69 Å². The fourth-order valence-corrected chi connectivity index (χ4v) is 3.85. The zero-order valence-electron chi connectivity index (χ0n) is 16.8.